The molecule has 2 aliphatic rings. The van der Waals surface area contributed by atoms with Gasteiger partial charge in [-0.3, -0.25) is 14.4 Å². The number of nitrogens with one attached hydrogen (secondary N) is 2. The Bertz CT molecular complexity index is 1240. The average Bonchev–Trinajstić information content (AvgIpc) is 3.46. The number of fused-ring (bicyclic) bond motifs is 1. The molecular formula is C26H26ClN3O3S. The fourth-order valence-corrected chi connectivity index (χ4v) is 6.03. The number of carbonyl (C=O) groups is 3. The fourth-order valence-electron chi connectivity index (χ4n) is 4.79. The molecule has 8 heteroatoms. The Morgan fingerprint density at radius 2 is 1.65 bits per heavy atom. The topological polar surface area (TPSA) is 78.5 Å². The third-order valence-electron chi connectivity index (χ3n) is 6.62. The number of rotatable bonds is 5. The van der Waals surface area contributed by atoms with Gasteiger partial charge in [-0.2, -0.15) is 0 Å². The van der Waals surface area contributed by atoms with Gasteiger partial charge in [-0.25, -0.2) is 0 Å². The van der Waals surface area contributed by atoms with E-state index in [2.05, 4.69) is 10.6 Å². The Balaban J connectivity index is 1.22. The first-order valence-electron chi connectivity index (χ1n) is 11.7. The van der Waals surface area contributed by atoms with Crippen molar-refractivity contribution in [2.24, 2.45) is 0 Å². The van der Waals surface area contributed by atoms with Gasteiger partial charge in [0.15, 0.2) is 0 Å². The largest absolute Gasteiger partial charge is 0.347 e. The number of piperidine rings is 1. The quantitative estimate of drug-likeness (QED) is 0.513. The van der Waals surface area contributed by atoms with Gasteiger partial charge < -0.3 is 15.5 Å². The van der Waals surface area contributed by atoms with Crippen LogP contribution in [-0.2, 0) is 4.79 Å². The third-order valence-corrected chi connectivity index (χ3v) is 7.95. The molecule has 2 aromatic carbocycles. The smallest absolute Gasteiger partial charge is 0.261 e. The molecule has 2 fully saturated rings. The van der Waals surface area contributed by atoms with E-state index in [-0.39, 0.29) is 29.8 Å². The van der Waals surface area contributed by atoms with E-state index in [1.165, 1.54) is 11.3 Å². The van der Waals surface area contributed by atoms with Gasteiger partial charge in [-0.05, 0) is 80.0 Å². The lowest BCUT2D eigenvalue weighted by molar-refractivity contribution is -0.119. The van der Waals surface area contributed by atoms with Crippen LogP contribution in [0, 0.1) is 0 Å². The van der Waals surface area contributed by atoms with Crippen LogP contribution >= 0.6 is 22.9 Å². The van der Waals surface area contributed by atoms with Crippen LogP contribution < -0.4 is 15.5 Å². The SMILES string of the molecule is O=C(NC1CCCC1NC(=O)c1cc2ccc(Cl)cc2s1)c1ccc(N2CCCCC2=O)cc1. The van der Waals surface area contributed by atoms with Crippen LogP contribution in [0.25, 0.3) is 10.1 Å². The van der Waals surface area contributed by atoms with Gasteiger partial charge in [0.25, 0.3) is 11.8 Å². The van der Waals surface area contributed by atoms with Crippen LogP contribution in [0.2, 0.25) is 5.02 Å². The van der Waals surface area contributed by atoms with Crippen molar-refractivity contribution in [2.45, 2.75) is 50.6 Å². The zero-order valence-electron chi connectivity index (χ0n) is 18.7. The molecule has 3 aromatic rings. The standard InChI is InChI=1S/C26H26ClN3O3S/c27-18-10-7-17-14-23(34-22(17)15-18)26(33)29-21-5-3-4-20(21)28-25(32)16-8-11-19(12-9-16)30-13-2-1-6-24(30)31/h7-12,14-15,20-21H,1-6,13H2,(H,28,32)(H,29,33). The van der Waals surface area contributed by atoms with Gasteiger partial charge in [-0.1, -0.05) is 17.7 Å². The summed E-state index contributed by atoms with van der Waals surface area (Å²) in [7, 11) is 0. The molecule has 2 atom stereocenters. The van der Waals surface area contributed by atoms with Gasteiger partial charge in [0, 0.05) is 46.0 Å². The lowest BCUT2D eigenvalue weighted by Crippen LogP contribution is -2.48. The lowest BCUT2D eigenvalue weighted by Gasteiger charge is -2.27. The molecule has 6 nitrogen and oxygen atoms in total. The first-order valence-corrected chi connectivity index (χ1v) is 12.9. The third kappa shape index (κ3) is 4.81. The average molecular weight is 496 g/mol. The molecule has 0 bridgehead atoms. The Hall–Kier alpha value is -2.90. The minimum absolute atomic E-state index is 0.115. The van der Waals surface area contributed by atoms with Crippen LogP contribution in [0.15, 0.2) is 48.5 Å². The number of hydrogen-bond donors (Lipinski definition) is 2. The molecule has 2 heterocycles. The minimum Gasteiger partial charge on any atom is -0.347 e. The number of anilines is 1. The molecule has 176 valence electrons. The molecule has 1 aromatic heterocycles. The molecule has 2 unspecified atom stereocenters. The zero-order chi connectivity index (χ0) is 23.7. The van der Waals surface area contributed by atoms with E-state index in [1.54, 1.807) is 17.0 Å². The number of amides is 3. The van der Waals surface area contributed by atoms with Crippen LogP contribution in [-0.4, -0.2) is 36.3 Å². The number of benzene rings is 2. The number of thiophene rings is 1. The highest BCUT2D eigenvalue weighted by Crippen LogP contribution is 2.29. The van der Waals surface area contributed by atoms with Gasteiger partial charge >= 0.3 is 0 Å². The first-order chi connectivity index (χ1) is 16.5. The summed E-state index contributed by atoms with van der Waals surface area (Å²) in [5.74, 6) is -0.159. The summed E-state index contributed by atoms with van der Waals surface area (Å²) in [6.07, 6.45) is 5.09. The molecule has 0 radical (unpaired) electrons. The van der Waals surface area contributed by atoms with E-state index in [1.807, 2.05) is 36.4 Å². The van der Waals surface area contributed by atoms with Gasteiger partial charge in [0.1, 0.15) is 0 Å². The van der Waals surface area contributed by atoms with Crippen LogP contribution in [0.3, 0.4) is 0 Å². The van der Waals surface area contributed by atoms with Crippen molar-refractivity contribution in [1.29, 1.82) is 0 Å². The predicted octanol–water partition coefficient (Wildman–Crippen LogP) is 5.15. The Labute approximate surface area is 207 Å². The second-order valence-electron chi connectivity index (χ2n) is 8.93. The first kappa shape index (κ1) is 22.9. The van der Waals surface area contributed by atoms with E-state index >= 15 is 0 Å². The van der Waals surface area contributed by atoms with E-state index in [0.29, 0.717) is 21.9 Å². The van der Waals surface area contributed by atoms with E-state index in [9.17, 15) is 14.4 Å². The van der Waals surface area contributed by atoms with Crippen molar-refractivity contribution in [2.75, 3.05) is 11.4 Å². The van der Waals surface area contributed by atoms with Gasteiger partial charge in [0.2, 0.25) is 5.91 Å². The summed E-state index contributed by atoms with van der Waals surface area (Å²) >= 11 is 7.48. The highest BCUT2D eigenvalue weighted by Gasteiger charge is 2.31. The number of hydrogen-bond acceptors (Lipinski definition) is 4. The van der Waals surface area contributed by atoms with Gasteiger partial charge in [-0.15, -0.1) is 11.3 Å². The zero-order valence-corrected chi connectivity index (χ0v) is 20.3. The summed E-state index contributed by atoms with van der Waals surface area (Å²) in [5.41, 5.74) is 1.38. The maximum Gasteiger partial charge on any atom is 0.261 e. The van der Waals surface area contributed by atoms with Crippen molar-refractivity contribution in [3.05, 3.63) is 64.0 Å². The van der Waals surface area contributed by atoms with Crippen LogP contribution in [0.1, 0.15) is 58.6 Å². The number of halogens is 1. The highest BCUT2D eigenvalue weighted by molar-refractivity contribution is 7.20. The van der Waals surface area contributed by atoms with E-state index < -0.39 is 0 Å². The fraction of sp³-hybridized carbons (Fsp3) is 0.346. The Morgan fingerprint density at radius 3 is 2.38 bits per heavy atom. The molecule has 2 N–H and O–H groups in total. The molecule has 1 aliphatic carbocycles. The maximum atomic E-state index is 12.9. The molecular weight excluding hydrogens is 470 g/mol. The van der Waals surface area contributed by atoms with Crippen LogP contribution in [0.4, 0.5) is 5.69 Å². The van der Waals surface area contributed by atoms with E-state index in [4.69, 9.17) is 11.6 Å². The molecule has 5 rings (SSSR count). The lowest BCUT2D eigenvalue weighted by atomic mass is 10.1. The van der Waals surface area contributed by atoms with Gasteiger partial charge in [0.05, 0.1) is 4.88 Å². The predicted molar refractivity (Wildman–Crippen MR) is 136 cm³/mol. The molecule has 0 spiro atoms. The molecule has 1 saturated heterocycles. The number of carbonyl (C=O) groups excluding carboxylic acids is 3. The second-order valence-corrected chi connectivity index (χ2v) is 10.5. The monoisotopic (exact) mass is 495 g/mol. The molecule has 1 aliphatic heterocycles. The molecule has 3 amide bonds. The Kier molecular flexibility index (Phi) is 6.57. The van der Waals surface area contributed by atoms with Crippen molar-refractivity contribution in [3.63, 3.8) is 0 Å². The molecule has 34 heavy (non-hydrogen) atoms. The summed E-state index contributed by atoms with van der Waals surface area (Å²) in [6, 6.07) is 14.4. The second kappa shape index (κ2) is 9.76. The van der Waals surface area contributed by atoms with Crippen LogP contribution in [0.5, 0.6) is 0 Å². The van der Waals surface area contributed by atoms with Crippen molar-refractivity contribution in [3.8, 4) is 0 Å². The number of nitrogens with zero attached hydrogens (tertiary/aromatic N) is 1. The molecule has 1 saturated carbocycles. The maximum absolute atomic E-state index is 12.9. The summed E-state index contributed by atoms with van der Waals surface area (Å²) in [6.45, 7) is 0.723. The summed E-state index contributed by atoms with van der Waals surface area (Å²) in [4.78, 5) is 40.3. The minimum atomic E-state index is -0.167. The van der Waals surface area contributed by atoms with Crippen molar-refractivity contribution in [1.82, 2.24) is 10.6 Å². The Morgan fingerprint density at radius 1 is 0.912 bits per heavy atom. The van der Waals surface area contributed by atoms with Crippen molar-refractivity contribution < 1.29 is 14.4 Å². The summed E-state index contributed by atoms with van der Waals surface area (Å²) in [5, 5.41) is 7.85. The van der Waals surface area contributed by atoms with E-state index in [0.717, 1.165) is 54.4 Å². The summed E-state index contributed by atoms with van der Waals surface area (Å²) < 4.78 is 0.976. The normalized spacial score (nSPS) is 20.5. The highest BCUT2D eigenvalue weighted by atomic mass is 35.5. The van der Waals surface area contributed by atoms with Crippen molar-refractivity contribution >= 4 is 56.4 Å².